The van der Waals surface area contributed by atoms with Gasteiger partial charge in [-0.2, -0.15) is 0 Å². The van der Waals surface area contributed by atoms with Gasteiger partial charge in [0.05, 0.1) is 0 Å². The molecule has 2 fully saturated rings. The van der Waals surface area contributed by atoms with Crippen LogP contribution in [0.3, 0.4) is 0 Å². The maximum atomic E-state index is 5.87. The maximum absolute atomic E-state index is 5.87. The van der Waals surface area contributed by atoms with Crippen LogP contribution in [0.5, 0.6) is 0 Å². The van der Waals surface area contributed by atoms with E-state index in [2.05, 4.69) is 18.9 Å². The largest absolute Gasteiger partial charge is 0.329 e. The molecule has 12 heavy (non-hydrogen) atoms. The minimum Gasteiger partial charge on any atom is -0.329 e. The fourth-order valence-corrected chi connectivity index (χ4v) is 2.18. The number of nitrogens with zero attached hydrogens (tertiary/aromatic N) is 1. The van der Waals surface area contributed by atoms with Gasteiger partial charge in [-0.05, 0) is 45.6 Å². The second kappa shape index (κ2) is 2.71. The third-order valence-electron chi connectivity index (χ3n) is 3.77. The van der Waals surface area contributed by atoms with E-state index in [1.165, 1.54) is 25.7 Å². The monoisotopic (exact) mass is 168 g/mol. The Morgan fingerprint density at radius 3 is 2.25 bits per heavy atom. The van der Waals surface area contributed by atoms with Crippen LogP contribution in [0, 0.1) is 5.92 Å². The molecule has 1 unspecified atom stereocenters. The van der Waals surface area contributed by atoms with Gasteiger partial charge in [-0.25, -0.2) is 0 Å². The standard InChI is InChI=1S/C10H20N2/c1-10(7-11,8-3-4-8)12(2)9-5-6-9/h8-9H,3-7,11H2,1-2H3. The molecule has 2 N–H and O–H groups in total. The topological polar surface area (TPSA) is 29.3 Å². The average Bonchev–Trinajstić information content (AvgIpc) is 2.91. The predicted octanol–water partition coefficient (Wildman–Crippen LogP) is 1.21. The van der Waals surface area contributed by atoms with E-state index >= 15 is 0 Å². The highest BCUT2D eigenvalue weighted by Gasteiger charge is 2.47. The molecule has 2 heteroatoms. The zero-order valence-electron chi connectivity index (χ0n) is 8.21. The van der Waals surface area contributed by atoms with Crippen molar-refractivity contribution in [2.24, 2.45) is 11.7 Å². The fourth-order valence-electron chi connectivity index (χ4n) is 2.18. The Hall–Kier alpha value is -0.0800. The van der Waals surface area contributed by atoms with E-state index < -0.39 is 0 Å². The first-order chi connectivity index (χ1) is 5.68. The number of rotatable bonds is 4. The molecular formula is C10H20N2. The molecule has 0 aromatic carbocycles. The molecular weight excluding hydrogens is 148 g/mol. The maximum Gasteiger partial charge on any atom is 0.0331 e. The Labute approximate surface area is 75.1 Å². The minimum atomic E-state index is 0.307. The smallest absolute Gasteiger partial charge is 0.0331 e. The molecule has 0 aromatic rings. The number of hydrogen-bond donors (Lipinski definition) is 1. The first kappa shape index (κ1) is 8.52. The highest BCUT2D eigenvalue weighted by atomic mass is 15.2. The SMILES string of the molecule is CN(C1CC1)C(C)(CN)C1CC1. The van der Waals surface area contributed by atoms with Crippen LogP contribution in [0.15, 0.2) is 0 Å². The summed E-state index contributed by atoms with van der Waals surface area (Å²) in [5.41, 5.74) is 6.18. The quantitative estimate of drug-likeness (QED) is 0.683. The second-order valence-corrected chi connectivity index (χ2v) is 4.68. The van der Waals surface area contributed by atoms with E-state index in [-0.39, 0.29) is 0 Å². The van der Waals surface area contributed by atoms with E-state index in [0.29, 0.717) is 5.54 Å². The number of nitrogens with two attached hydrogens (primary N) is 1. The summed E-state index contributed by atoms with van der Waals surface area (Å²) in [7, 11) is 2.25. The van der Waals surface area contributed by atoms with Crippen molar-refractivity contribution in [2.75, 3.05) is 13.6 Å². The van der Waals surface area contributed by atoms with E-state index in [1.807, 2.05) is 0 Å². The Bertz CT molecular complexity index is 173. The van der Waals surface area contributed by atoms with Crippen LogP contribution < -0.4 is 5.73 Å². The van der Waals surface area contributed by atoms with Crippen molar-refractivity contribution < 1.29 is 0 Å². The van der Waals surface area contributed by atoms with Crippen molar-refractivity contribution in [1.82, 2.24) is 4.90 Å². The molecule has 2 rings (SSSR count). The Morgan fingerprint density at radius 1 is 1.33 bits per heavy atom. The van der Waals surface area contributed by atoms with Crippen molar-refractivity contribution in [2.45, 2.75) is 44.2 Å². The molecule has 0 heterocycles. The molecule has 0 aliphatic heterocycles. The van der Waals surface area contributed by atoms with Gasteiger partial charge in [-0.3, -0.25) is 4.90 Å². The van der Waals surface area contributed by atoms with Gasteiger partial charge in [-0.1, -0.05) is 0 Å². The lowest BCUT2D eigenvalue weighted by molar-refractivity contribution is 0.112. The van der Waals surface area contributed by atoms with Crippen LogP contribution >= 0.6 is 0 Å². The summed E-state index contributed by atoms with van der Waals surface area (Å²) < 4.78 is 0. The van der Waals surface area contributed by atoms with Gasteiger partial charge < -0.3 is 5.73 Å². The van der Waals surface area contributed by atoms with E-state index in [0.717, 1.165) is 18.5 Å². The van der Waals surface area contributed by atoms with Gasteiger partial charge in [0.2, 0.25) is 0 Å². The normalized spacial score (nSPS) is 29.0. The molecule has 0 radical (unpaired) electrons. The fraction of sp³-hybridized carbons (Fsp3) is 1.00. The van der Waals surface area contributed by atoms with Crippen molar-refractivity contribution in [3.63, 3.8) is 0 Å². The van der Waals surface area contributed by atoms with E-state index in [1.54, 1.807) is 0 Å². The van der Waals surface area contributed by atoms with Gasteiger partial charge in [0.15, 0.2) is 0 Å². The van der Waals surface area contributed by atoms with Gasteiger partial charge >= 0.3 is 0 Å². The summed E-state index contributed by atoms with van der Waals surface area (Å²) in [6.45, 7) is 3.16. The van der Waals surface area contributed by atoms with Gasteiger partial charge in [0.25, 0.3) is 0 Å². The van der Waals surface area contributed by atoms with Crippen LogP contribution in [-0.4, -0.2) is 30.1 Å². The van der Waals surface area contributed by atoms with Crippen LogP contribution in [0.25, 0.3) is 0 Å². The first-order valence-electron chi connectivity index (χ1n) is 5.11. The highest BCUT2D eigenvalue weighted by Crippen LogP contribution is 2.45. The Balaban J connectivity index is 2.02. The predicted molar refractivity (Wildman–Crippen MR) is 51.0 cm³/mol. The van der Waals surface area contributed by atoms with Crippen LogP contribution in [-0.2, 0) is 0 Å². The third kappa shape index (κ3) is 1.27. The van der Waals surface area contributed by atoms with Crippen molar-refractivity contribution in [1.29, 1.82) is 0 Å². The van der Waals surface area contributed by atoms with E-state index in [4.69, 9.17) is 5.73 Å². The van der Waals surface area contributed by atoms with Crippen LogP contribution in [0.1, 0.15) is 32.6 Å². The van der Waals surface area contributed by atoms with Gasteiger partial charge in [0, 0.05) is 18.1 Å². The zero-order chi connectivity index (χ0) is 8.77. The summed E-state index contributed by atoms with van der Waals surface area (Å²) in [4.78, 5) is 2.53. The molecule has 0 amide bonds. The van der Waals surface area contributed by atoms with Crippen molar-refractivity contribution in [3.8, 4) is 0 Å². The lowest BCUT2D eigenvalue weighted by atomic mass is 9.94. The molecule has 0 spiro atoms. The zero-order valence-corrected chi connectivity index (χ0v) is 8.21. The molecule has 2 nitrogen and oxygen atoms in total. The summed E-state index contributed by atoms with van der Waals surface area (Å²) in [5.74, 6) is 0.882. The van der Waals surface area contributed by atoms with Gasteiger partial charge in [-0.15, -0.1) is 0 Å². The second-order valence-electron chi connectivity index (χ2n) is 4.68. The molecule has 0 bridgehead atoms. The summed E-state index contributed by atoms with van der Waals surface area (Å²) in [6.07, 6.45) is 5.56. The molecule has 2 saturated carbocycles. The lowest BCUT2D eigenvalue weighted by Crippen LogP contribution is -2.52. The summed E-state index contributed by atoms with van der Waals surface area (Å²) in [6, 6.07) is 0.846. The van der Waals surface area contributed by atoms with Crippen LogP contribution in [0.4, 0.5) is 0 Å². The molecule has 70 valence electrons. The van der Waals surface area contributed by atoms with E-state index in [9.17, 15) is 0 Å². The molecule has 2 aliphatic rings. The molecule has 1 atom stereocenters. The lowest BCUT2D eigenvalue weighted by Gasteiger charge is -2.38. The van der Waals surface area contributed by atoms with Crippen LogP contribution in [0.2, 0.25) is 0 Å². The first-order valence-corrected chi connectivity index (χ1v) is 5.11. The minimum absolute atomic E-state index is 0.307. The molecule has 0 aromatic heterocycles. The number of likely N-dealkylation sites (N-methyl/N-ethyl adjacent to an activating group) is 1. The highest BCUT2D eigenvalue weighted by molar-refractivity contribution is 5.03. The summed E-state index contributed by atoms with van der Waals surface area (Å²) >= 11 is 0. The molecule has 2 aliphatic carbocycles. The summed E-state index contributed by atoms with van der Waals surface area (Å²) in [5, 5.41) is 0. The van der Waals surface area contributed by atoms with Gasteiger partial charge in [0.1, 0.15) is 0 Å². The Morgan fingerprint density at radius 2 is 1.92 bits per heavy atom. The average molecular weight is 168 g/mol. The number of hydrogen-bond acceptors (Lipinski definition) is 2. The van der Waals surface area contributed by atoms with Crippen molar-refractivity contribution in [3.05, 3.63) is 0 Å². The molecule has 0 saturated heterocycles. The Kier molecular flexibility index (Phi) is 1.92. The van der Waals surface area contributed by atoms with Crippen molar-refractivity contribution >= 4 is 0 Å². The third-order valence-corrected chi connectivity index (χ3v) is 3.77.